The van der Waals surface area contributed by atoms with Crippen LogP contribution in [0.4, 0.5) is 0 Å². The number of aliphatic hydroxyl groups excluding tert-OH is 1. The highest BCUT2D eigenvalue weighted by atomic mass is 16.5. The number of hydrogen-bond acceptors (Lipinski definition) is 5. The van der Waals surface area contributed by atoms with Crippen molar-refractivity contribution in [2.24, 2.45) is 0 Å². The summed E-state index contributed by atoms with van der Waals surface area (Å²) in [7, 11) is 0. The lowest BCUT2D eigenvalue weighted by molar-refractivity contribution is 0.0615. The molecule has 0 unspecified atom stereocenters. The smallest absolute Gasteiger partial charge is 0.170 e. The van der Waals surface area contributed by atoms with E-state index in [0.29, 0.717) is 30.0 Å². The van der Waals surface area contributed by atoms with Gasteiger partial charge in [0.05, 0.1) is 12.0 Å². The van der Waals surface area contributed by atoms with Crippen molar-refractivity contribution in [3.63, 3.8) is 0 Å². The maximum absolute atomic E-state index is 12.2. The molecule has 1 heterocycles. The average molecular weight is 383 g/mol. The van der Waals surface area contributed by atoms with Crippen LogP contribution in [0, 0.1) is 0 Å². The van der Waals surface area contributed by atoms with Gasteiger partial charge in [-0.1, -0.05) is 30.3 Å². The van der Waals surface area contributed by atoms with Gasteiger partial charge in [0.15, 0.2) is 5.78 Å². The molecule has 0 spiro atoms. The van der Waals surface area contributed by atoms with Crippen LogP contribution in [0.2, 0.25) is 0 Å². The van der Waals surface area contributed by atoms with Crippen LogP contribution < -0.4 is 14.8 Å². The first-order valence-corrected chi connectivity index (χ1v) is 9.85. The molecule has 1 aliphatic rings. The van der Waals surface area contributed by atoms with Crippen molar-refractivity contribution in [3.05, 3.63) is 59.7 Å². The molecule has 0 radical (unpaired) electrons. The molecular formula is C23H29NO4. The molecular weight excluding hydrogens is 354 g/mol. The van der Waals surface area contributed by atoms with Gasteiger partial charge < -0.3 is 19.9 Å². The van der Waals surface area contributed by atoms with Crippen molar-refractivity contribution < 1.29 is 19.4 Å². The highest BCUT2D eigenvalue weighted by Gasteiger charge is 2.32. The van der Waals surface area contributed by atoms with Crippen molar-refractivity contribution in [2.75, 3.05) is 19.7 Å². The number of fused-ring (bicyclic) bond motifs is 1. The Morgan fingerprint density at radius 3 is 2.79 bits per heavy atom. The Labute approximate surface area is 166 Å². The first-order chi connectivity index (χ1) is 13.4. The number of carbonyl (C=O) groups is 1. The number of rotatable bonds is 9. The first kappa shape index (κ1) is 20.4. The van der Waals surface area contributed by atoms with Gasteiger partial charge in [0.2, 0.25) is 0 Å². The predicted octanol–water partition coefficient (Wildman–Crippen LogP) is 3.39. The fourth-order valence-electron chi connectivity index (χ4n) is 3.31. The van der Waals surface area contributed by atoms with E-state index in [4.69, 9.17) is 9.47 Å². The van der Waals surface area contributed by atoms with Crippen LogP contribution in [0.5, 0.6) is 11.5 Å². The summed E-state index contributed by atoms with van der Waals surface area (Å²) >= 11 is 0. The molecule has 2 aromatic rings. The molecule has 2 N–H and O–H groups in total. The number of carbonyl (C=O) groups excluding carboxylic acids is 1. The van der Waals surface area contributed by atoms with Crippen LogP contribution in [0.3, 0.4) is 0 Å². The van der Waals surface area contributed by atoms with E-state index in [0.717, 1.165) is 19.4 Å². The number of Topliss-reactive ketones (excluding diaryl/α,β-unsaturated/α-hetero) is 1. The Hall–Kier alpha value is -2.37. The van der Waals surface area contributed by atoms with Crippen molar-refractivity contribution >= 4 is 5.78 Å². The van der Waals surface area contributed by atoms with Crippen molar-refractivity contribution in [2.45, 2.75) is 44.8 Å². The maximum atomic E-state index is 12.2. The molecule has 0 aliphatic carbocycles. The molecule has 0 aromatic heterocycles. The molecule has 3 rings (SSSR count). The van der Waals surface area contributed by atoms with Crippen LogP contribution in [0.1, 0.15) is 42.6 Å². The van der Waals surface area contributed by atoms with Gasteiger partial charge in [0.1, 0.15) is 29.8 Å². The minimum Gasteiger partial charge on any atom is -0.491 e. The zero-order valence-electron chi connectivity index (χ0n) is 16.6. The van der Waals surface area contributed by atoms with Gasteiger partial charge in [-0.3, -0.25) is 4.79 Å². The summed E-state index contributed by atoms with van der Waals surface area (Å²) in [5.41, 5.74) is 1.41. The average Bonchev–Trinajstić information content (AvgIpc) is 2.65. The third-order valence-corrected chi connectivity index (χ3v) is 4.71. The summed E-state index contributed by atoms with van der Waals surface area (Å²) in [6.45, 7) is 5.29. The van der Waals surface area contributed by atoms with Gasteiger partial charge in [-0.15, -0.1) is 0 Å². The lowest BCUT2D eigenvalue weighted by Crippen LogP contribution is -2.36. The van der Waals surface area contributed by atoms with Gasteiger partial charge in [0, 0.05) is 12.6 Å². The molecule has 5 nitrogen and oxygen atoms in total. The fraction of sp³-hybridized carbons (Fsp3) is 0.435. The summed E-state index contributed by atoms with van der Waals surface area (Å²) in [5.74, 6) is 1.22. The normalized spacial score (nSPS) is 16.2. The summed E-state index contributed by atoms with van der Waals surface area (Å²) in [4.78, 5) is 12.2. The van der Waals surface area contributed by atoms with E-state index >= 15 is 0 Å². The van der Waals surface area contributed by atoms with Gasteiger partial charge >= 0.3 is 0 Å². The zero-order chi connectivity index (χ0) is 20.0. The third kappa shape index (κ3) is 5.81. The second kappa shape index (κ2) is 9.22. The molecule has 0 fully saturated rings. The minimum absolute atomic E-state index is 0.0811. The first-order valence-electron chi connectivity index (χ1n) is 9.85. The quantitative estimate of drug-likeness (QED) is 0.650. The van der Waals surface area contributed by atoms with E-state index in [9.17, 15) is 9.90 Å². The van der Waals surface area contributed by atoms with E-state index in [-0.39, 0.29) is 12.4 Å². The van der Waals surface area contributed by atoms with Crippen LogP contribution in [0.15, 0.2) is 48.5 Å². The van der Waals surface area contributed by atoms with Crippen LogP contribution in [0.25, 0.3) is 0 Å². The molecule has 0 amide bonds. The Balaban J connectivity index is 1.39. The van der Waals surface area contributed by atoms with Crippen LogP contribution in [-0.2, 0) is 6.42 Å². The molecule has 1 atom stereocenters. The van der Waals surface area contributed by atoms with E-state index < -0.39 is 11.7 Å². The van der Waals surface area contributed by atoms with Gasteiger partial charge in [0.25, 0.3) is 0 Å². The molecule has 2 aromatic carbocycles. The number of benzene rings is 2. The van der Waals surface area contributed by atoms with E-state index in [1.807, 2.05) is 32.0 Å². The summed E-state index contributed by atoms with van der Waals surface area (Å²) < 4.78 is 11.6. The monoisotopic (exact) mass is 383 g/mol. The van der Waals surface area contributed by atoms with Crippen molar-refractivity contribution in [1.82, 2.24) is 5.32 Å². The number of ether oxygens (including phenoxy) is 2. The van der Waals surface area contributed by atoms with Crippen molar-refractivity contribution in [3.8, 4) is 11.5 Å². The summed E-state index contributed by atoms with van der Waals surface area (Å²) in [5, 5.41) is 13.4. The number of aliphatic hydroxyl groups is 1. The molecule has 150 valence electrons. The number of hydrogen-bond donors (Lipinski definition) is 2. The summed E-state index contributed by atoms with van der Waals surface area (Å²) in [6, 6.07) is 15.6. The zero-order valence-corrected chi connectivity index (χ0v) is 16.6. The largest absolute Gasteiger partial charge is 0.491 e. The number of ketones is 1. The Bertz CT molecular complexity index is 788. The number of aryl methyl sites for hydroxylation is 1. The maximum Gasteiger partial charge on any atom is 0.170 e. The van der Waals surface area contributed by atoms with Crippen LogP contribution in [-0.4, -0.2) is 42.3 Å². The standard InChI is InChI=1S/C23H29NO4/c1-23(2)14-21(26)20-11-10-19(13-22(20)28-23)27-16-18(25)15-24-12-6-9-17-7-4-3-5-8-17/h3-5,7-8,10-11,13,18,24-25H,6,9,12,14-16H2,1-2H3/t18-/m1/s1. The summed E-state index contributed by atoms with van der Waals surface area (Å²) in [6.07, 6.45) is 1.80. The second-order valence-corrected chi connectivity index (χ2v) is 7.88. The van der Waals surface area contributed by atoms with Gasteiger partial charge in [-0.25, -0.2) is 0 Å². The SMILES string of the molecule is CC1(C)CC(=O)c2ccc(OC[C@H](O)CNCCCc3ccccc3)cc2O1. The molecule has 5 heteroatoms. The van der Waals surface area contributed by atoms with E-state index in [2.05, 4.69) is 17.4 Å². The third-order valence-electron chi connectivity index (χ3n) is 4.71. The second-order valence-electron chi connectivity index (χ2n) is 7.88. The lowest BCUT2D eigenvalue weighted by Gasteiger charge is -2.31. The van der Waals surface area contributed by atoms with Crippen LogP contribution >= 0.6 is 0 Å². The minimum atomic E-state index is -0.605. The van der Waals surface area contributed by atoms with Gasteiger partial charge in [-0.2, -0.15) is 0 Å². The topological polar surface area (TPSA) is 67.8 Å². The Morgan fingerprint density at radius 1 is 1.21 bits per heavy atom. The van der Waals surface area contributed by atoms with E-state index in [1.165, 1.54) is 5.56 Å². The molecule has 0 bridgehead atoms. The fourth-order valence-corrected chi connectivity index (χ4v) is 3.31. The highest BCUT2D eigenvalue weighted by Crippen LogP contribution is 2.35. The predicted molar refractivity (Wildman–Crippen MR) is 109 cm³/mol. The molecule has 0 saturated carbocycles. The Kier molecular flexibility index (Phi) is 6.70. The van der Waals surface area contributed by atoms with Crippen molar-refractivity contribution in [1.29, 1.82) is 0 Å². The van der Waals surface area contributed by atoms with Gasteiger partial charge in [-0.05, 0) is 50.9 Å². The molecule has 28 heavy (non-hydrogen) atoms. The molecule has 0 saturated heterocycles. The highest BCUT2D eigenvalue weighted by molar-refractivity contribution is 6.00. The number of nitrogens with one attached hydrogen (secondary N) is 1. The lowest BCUT2D eigenvalue weighted by atomic mass is 9.93. The molecule has 1 aliphatic heterocycles. The Morgan fingerprint density at radius 2 is 2.00 bits per heavy atom. The van der Waals surface area contributed by atoms with E-state index in [1.54, 1.807) is 18.2 Å².